The highest BCUT2D eigenvalue weighted by atomic mass is 16.5. The van der Waals surface area contributed by atoms with Gasteiger partial charge in [0.2, 0.25) is 0 Å². The van der Waals surface area contributed by atoms with E-state index < -0.39 is 0 Å². The molecule has 7 heteroatoms. The molecule has 3 rings (SSSR count). The highest BCUT2D eigenvalue weighted by Gasteiger charge is 2.27. The molecular weight excluding hydrogens is 376 g/mol. The van der Waals surface area contributed by atoms with Crippen molar-refractivity contribution in [3.8, 4) is 0 Å². The molecule has 2 aliphatic heterocycles. The lowest BCUT2D eigenvalue weighted by Crippen LogP contribution is -2.53. The Bertz CT molecular complexity index is 767. The maximum atomic E-state index is 5.68. The third kappa shape index (κ3) is 6.18. The molecule has 30 heavy (non-hydrogen) atoms. The van der Waals surface area contributed by atoms with E-state index in [1.165, 1.54) is 0 Å². The second-order valence-corrected chi connectivity index (χ2v) is 7.61. The zero-order chi connectivity index (χ0) is 21.2. The molecule has 2 fully saturated rings. The first-order valence-electron chi connectivity index (χ1n) is 10.7. The summed E-state index contributed by atoms with van der Waals surface area (Å²) in [4.78, 5) is 13.9. The fourth-order valence-electron chi connectivity index (χ4n) is 3.58. The lowest BCUT2D eigenvalue weighted by molar-refractivity contribution is 0.0661. The Kier molecular flexibility index (Phi) is 8.47. The molecule has 0 aliphatic carbocycles. The van der Waals surface area contributed by atoms with E-state index >= 15 is 0 Å². The van der Waals surface area contributed by atoms with Crippen LogP contribution in [0, 0.1) is 0 Å². The maximum absolute atomic E-state index is 5.68. The predicted molar refractivity (Wildman–Crippen MR) is 124 cm³/mol. The van der Waals surface area contributed by atoms with E-state index in [9.17, 15) is 0 Å². The Morgan fingerprint density at radius 3 is 2.90 bits per heavy atom. The lowest BCUT2D eigenvalue weighted by Gasteiger charge is -2.34. The van der Waals surface area contributed by atoms with Crippen LogP contribution in [0.15, 0.2) is 65.5 Å². The number of rotatable bonds is 7. The number of allylic oxidation sites excluding steroid dienone is 2. The summed E-state index contributed by atoms with van der Waals surface area (Å²) in [5, 5.41) is 3.71. The molecule has 1 aromatic rings. The van der Waals surface area contributed by atoms with Crippen molar-refractivity contribution in [3.63, 3.8) is 0 Å². The zero-order valence-corrected chi connectivity index (χ0v) is 18.0. The van der Waals surface area contributed by atoms with Crippen LogP contribution in [0.2, 0.25) is 0 Å². The number of anilines is 1. The SMILES string of the molecule is C=C/C(=C\C=C(/C)CN)C/N=C(\NC1CCCN1c1cccnc1)N1CCOCC1. The van der Waals surface area contributed by atoms with E-state index in [2.05, 4.69) is 32.7 Å². The minimum Gasteiger partial charge on any atom is -0.378 e. The number of hydrogen-bond donors (Lipinski definition) is 2. The number of guanidine groups is 1. The predicted octanol–water partition coefficient (Wildman–Crippen LogP) is 2.30. The fraction of sp³-hybridized carbons (Fsp3) is 0.478. The molecule has 3 heterocycles. The van der Waals surface area contributed by atoms with E-state index in [4.69, 9.17) is 15.5 Å². The normalized spacial score (nSPS) is 21.1. The van der Waals surface area contributed by atoms with Crippen LogP contribution in [0.3, 0.4) is 0 Å². The molecule has 0 spiro atoms. The molecule has 0 bridgehead atoms. The number of morpholine rings is 1. The van der Waals surface area contributed by atoms with Crippen LogP contribution >= 0.6 is 0 Å². The van der Waals surface area contributed by atoms with E-state index in [1.54, 1.807) is 0 Å². The maximum Gasteiger partial charge on any atom is 0.196 e. The molecule has 3 N–H and O–H groups in total. The molecule has 0 amide bonds. The molecule has 0 radical (unpaired) electrons. The van der Waals surface area contributed by atoms with Gasteiger partial charge in [-0.1, -0.05) is 30.4 Å². The summed E-state index contributed by atoms with van der Waals surface area (Å²) >= 11 is 0. The highest BCUT2D eigenvalue weighted by molar-refractivity contribution is 5.81. The summed E-state index contributed by atoms with van der Waals surface area (Å²) in [5.41, 5.74) is 9.01. The van der Waals surface area contributed by atoms with E-state index in [0.29, 0.717) is 13.1 Å². The number of ether oxygens (including phenoxy) is 1. The third-order valence-electron chi connectivity index (χ3n) is 5.41. The minimum absolute atomic E-state index is 0.200. The van der Waals surface area contributed by atoms with Crippen LogP contribution in [0.4, 0.5) is 5.69 Å². The average Bonchev–Trinajstić information content (AvgIpc) is 3.27. The van der Waals surface area contributed by atoms with Gasteiger partial charge in [0, 0.05) is 32.4 Å². The van der Waals surface area contributed by atoms with E-state index in [0.717, 1.165) is 68.5 Å². The standard InChI is InChI=1S/C23H34N6O/c1-3-20(9-8-19(2)16-24)17-26-23(28-12-14-30-15-13-28)27-22-7-5-11-29(22)21-6-4-10-25-18-21/h3-4,6,8-10,18,22H,1,5,7,11-17,24H2,2H3,(H,26,27)/b19-8+,20-9+. The second kappa shape index (κ2) is 11.5. The van der Waals surface area contributed by atoms with Gasteiger partial charge in [0.1, 0.15) is 6.17 Å². The van der Waals surface area contributed by atoms with Gasteiger partial charge in [-0.2, -0.15) is 0 Å². The molecular formula is C23H34N6O. The van der Waals surface area contributed by atoms with Crippen molar-refractivity contribution in [2.75, 3.05) is 50.8 Å². The Labute approximate surface area is 180 Å². The Morgan fingerprint density at radius 2 is 2.20 bits per heavy atom. The number of nitrogens with two attached hydrogens (primary N) is 1. The number of aliphatic imine (C=N–C) groups is 1. The van der Waals surface area contributed by atoms with E-state index in [1.807, 2.05) is 43.6 Å². The average molecular weight is 411 g/mol. The summed E-state index contributed by atoms with van der Waals surface area (Å²) in [7, 11) is 0. The van der Waals surface area contributed by atoms with Gasteiger partial charge in [0.15, 0.2) is 5.96 Å². The third-order valence-corrected chi connectivity index (χ3v) is 5.41. The molecule has 162 valence electrons. The molecule has 1 aromatic heterocycles. The largest absolute Gasteiger partial charge is 0.378 e. The van der Waals surface area contributed by atoms with Gasteiger partial charge in [-0.25, -0.2) is 4.99 Å². The van der Waals surface area contributed by atoms with Gasteiger partial charge >= 0.3 is 0 Å². The van der Waals surface area contributed by atoms with Gasteiger partial charge in [-0.3, -0.25) is 4.98 Å². The molecule has 7 nitrogen and oxygen atoms in total. The van der Waals surface area contributed by atoms with Crippen LogP contribution in [0.1, 0.15) is 19.8 Å². The lowest BCUT2D eigenvalue weighted by atomic mass is 10.2. The Hall–Kier alpha value is -2.64. The summed E-state index contributed by atoms with van der Waals surface area (Å²) < 4.78 is 5.54. The van der Waals surface area contributed by atoms with Crippen molar-refractivity contribution < 1.29 is 4.74 Å². The monoisotopic (exact) mass is 410 g/mol. The number of hydrogen-bond acceptors (Lipinski definition) is 5. The van der Waals surface area contributed by atoms with Crippen molar-refractivity contribution in [3.05, 3.63) is 60.5 Å². The number of aromatic nitrogens is 1. The van der Waals surface area contributed by atoms with Crippen molar-refractivity contribution in [1.82, 2.24) is 15.2 Å². The summed E-state index contributed by atoms with van der Waals surface area (Å²) in [6.45, 7) is 11.2. The summed E-state index contributed by atoms with van der Waals surface area (Å²) in [5.74, 6) is 0.923. The highest BCUT2D eigenvalue weighted by Crippen LogP contribution is 2.23. The van der Waals surface area contributed by atoms with Crippen LogP contribution in [0.5, 0.6) is 0 Å². The molecule has 1 atom stereocenters. The van der Waals surface area contributed by atoms with Crippen LogP contribution in [-0.2, 0) is 4.74 Å². The molecule has 0 aromatic carbocycles. The first-order valence-corrected chi connectivity index (χ1v) is 10.7. The van der Waals surface area contributed by atoms with Crippen molar-refractivity contribution >= 4 is 11.6 Å². The van der Waals surface area contributed by atoms with Crippen LogP contribution in [-0.4, -0.2) is 67.9 Å². The van der Waals surface area contributed by atoms with Crippen molar-refractivity contribution in [1.29, 1.82) is 0 Å². The molecule has 0 saturated carbocycles. The van der Waals surface area contributed by atoms with Crippen molar-refractivity contribution in [2.45, 2.75) is 25.9 Å². The zero-order valence-electron chi connectivity index (χ0n) is 18.0. The number of nitrogens with zero attached hydrogens (tertiary/aromatic N) is 4. The number of pyridine rings is 1. The van der Waals surface area contributed by atoms with Gasteiger partial charge in [0.05, 0.1) is 31.6 Å². The molecule has 1 unspecified atom stereocenters. The van der Waals surface area contributed by atoms with Gasteiger partial charge in [0.25, 0.3) is 0 Å². The Balaban J connectivity index is 1.76. The summed E-state index contributed by atoms with van der Waals surface area (Å²) in [6.07, 6.45) is 12.1. The summed E-state index contributed by atoms with van der Waals surface area (Å²) in [6, 6.07) is 4.10. The minimum atomic E-state index is 0.200. The number of nitrogens with one attached hydrogen (secondary N) is 1. The van der Waals surface area contributed by atoms with E-state index in [-0.39, 0.29) is 6.17 Å². The first kappa shape index (κ1) is 22.1. The second-order valence-electron chi connectivity index (χ2n) is 7.61. The quantitative estimate of drug-likeness (QED) is 0.408. The van der Waals surface area contributed by atoms with Crippen molar-refractivity contribution in [2.24, 2.45) is 10.7 Å². The van der Waals surface area contributed by atoms with Gasteiger partial charge in [-0.15, -0.1) is 0 Å². The smallest absolute Gasteiger partial charge is 0.196 e. The van der Waals surface area contributed by atoms with Gasteiger partial charge in [-0.05, 0) is 37.5 Å². The molecule has 2 aliphatic rings. The molecule has 2 saturated heterocycles. The fourth-order valence-corrected chi connectivity index (χ4v) is 3.58. The topological polar surface area (TPSA) is 79.0 Å². The van der Waals surface area contributed by atoms with Gasteiger partial charge < -0.3 is 25.6 Å². The van der Waals surface area contributed by atoms with Crippen LogP contribution < -0.4 is 16.0 Å². The van der Waals surface area contributed by atoms with Crippen LogP contribution in [0.25, 0.3) is 0 Å². The Morgan fingerprint density at radius 1 is 1.37 bits per heavy atom. The first-order chi connectivity index (χ1) is 14.7.